The Bertz CT molecular complexity index is 3560. The maximum atomic E-state index is 14.5. The lowest BCUT2D eigenvalue weighted by atomic mass is 9.81. The van der Waals surface area contributed by atoms with E-state index in [-0.39, 0.29) is 61.4 Å². The number of carbonyl (C=O) groups excluding carboxylic acids is 1. The van der Waals surface area contributed by atoms with Crippen LogP contribution in [0.5, 0.6) is 17.2 Å². The zero-order chi connectivity index (χ0) is 46.7. The van der Waals surface area contributed by atoms with Crippen LogP contribution in [0.15, 0.2) is 82.0 Å². The SMILES string of the molecule is O=C(NCc1ccc(-c2c3ccc(=O)cc-3oc3cc(O)ccc23)c(C(O)O)c1)c1cc(Cl)c(C(=O)O)c(C2=c3cc4c5c(c3Oc3c2cc2c6c3CCCN6CCC2)CCC[N+]=5CCC4)c1Cl. The minimum atomic E-state index is -1.95. The Balaban J connectivity index is 0.994. The number of nitrogens with zero attached hydrogens (tertiary/aromatic N) is 2. The number of aromatic carboxylic acids is 1. The number of rotatable bonds is 7. The second-order valence-corrected chi connectivity index (χ2v) is 19.2. The van der Waals surface area contributed by atoms with Gasteiger partial charge in [0.05, 0.1) is 26.7 Å². The lowest BCUT2D eigenvalue weighted by Crippen LogP contribution is -2.45. The van der Waals surface area contributed by atoms with Crippen LogP contribution in [-0.2, 0) is 32.2 Å². The summed E-state index contributed by atoms with van der Waals surface area (Å²) in [6, 6.07) is 19.5. The van der Waals surface area contributed by atoms with Gasteiger partial charge in [-0.1, -0.05) is 35.3 Å². The van der Waals surface area contributed by atoms with Crippen molar-refractivity contribution in [3.05, 3.63) is 159 Å². The summed E-state index contributed by atoms with van der Waals surface area (Å²) >= 11 is 14.5. The van der Waals surface area contributed by atoms with Crippen molar-refractivity contribution in [2.24, 2.45) is 0 Å². The molecule has 0 atom stereocenters. The molecule has 0 aromatic heterocycles. The molecule has 0 saturated heterocycles. The van der Waals surface area contributed by atoms with Crippen LogP contribution in [0.25, 0.3) is 39.0 Å². The number of phenolic OH excluding ortho intramolecular Hbond substituents is 1. The van der Waals surface area contributed by atoms with Crippen molar-refractivity contribution in [2.75, 3.05) is 31.1 Å². The van der Waals surface area contributed by atoms with Crippen LogP contribution in [0.3, 0.4) is 0 Å². The Morgan fingerprint density at radius 3 is 2.37 bits per heavy atom. The fraction of sp³-hybridized carbons (Fsp3) is 0.259. The molecule has 1 aliphatic carbocycles. The Labute approximate surface area is 398 Å². The van der Waals surface area contributed by atoms with E-state index in [4.69, 9.17) is 32.4 Å². The monoisotopic (exact) mass is 948 g/mol. The molecule has 0 unspecified atom stereocenters. The topological polar surface area (TPSA) is 173 Å². The second kappa shape index (κ2) is 16.2. The Morgan fingerprint density at radius 1 is 0.794 bits per heavy atom. The van der Waals surface area contributed by atoms with Gasteiger partial charge in [-0.15, -0.1) is 0 Å². The summed E-state index contributed by atoms with van der Waals surface area (Å²) in [7, 11) is 0. The molecule has 12 nitrogen and oxygen atoms in total. The average molecular weight is 950 g/mol. The van der Waals surface area contributed by atoms with Gasteiger partial charge in [0.15, 0.2) is 11.7 Å². The van der Waals surface area contributed by atoms with Crippen molar-refractivity contribution in [3.63, 3.8) is 0 Å². The molecule has 0 bridgehead atoms. The predicted octanol–water partition coefficient (Wildman–Crippen LogP) is 7.62. The van der Waals surface area contributed by atoms with Crippen molar-refractivity contribution in [2.45, 2.75) is 64.2 Å². The van der Waals surface area contributed by atoms with Gasteiger partial charge in [0.2, 0.25) is 5.36 Å². The zero-order valence-corrected chi connectivity index (χ0v) is 38.2. The summed E-state index contributed by atoms with van der Waals surface area (Å²) in [6.07, 6.45) is 5.25. The number of amides is 1. The number of aromatic hydroxyl groups is 1. The van der Waals surface area contributed by atoms with Crippen molar-refractivity contribution in [3.8, 4) is 39.7 Å². The number of hydrogen-bond donors (Lipinski definition) is 5. The maximum absolute atomic E-state index is 14.5. The highest BCUT2D eigenvalue weighted by Crippen LogP contribution is 2.51. The van der Waals surface area contributed by atoms with E-state index in [1.165, 1.54) is 52.5 Å². The highest BCUT2D eigenvalue weighted by molar-refractivity contribution is 6.40. The van der Waals surface area contributed by atoms with Crippen LogP contribution in [0.2, 0.25) is 10.0 Å². The number of benzene rings is 6. The third-order valence-corrected chi connectivity index (χ3v) is 15.1. The largest absolute Gasteiger partial charge is 0.508 e. The number of carboxylic acids is 1. The molecule has 0 fully saturated rings. The molecule has 14 heteroatoms. The molecular weight excluding hydrogens is 906 g/mol. The smallest absolute Gasteiger partial charge is 0.337 e. The zero-order valence-electron chi connectivity index (χ0n) is 36.7. The van der Waals surface area contributed by atoms with Gasteiger partial charge in [0.25, 0.3) is 5.91 Å². The number of carbonyl (C=O) groups is 2. The highest BCUT2D eigenvalue weighted by atomic mass is 35.5. The first-order valence-electron chi connectivity index (χ1n) is 23.1. The molecule has 5 aromatic carbocycles. The number of ether oxygens (including phenoxy) is 1. The fourth-order valence-corrected chi connectivity index (χ4v) is 12.2. The van der Waals surface area contributed by atoms with Gasteiger partial charge in [-0.25, -0.2) is 9.37 Å². The first-order valence-corrected chi connectivity index (χ1v) is 23.8. The van der Waals surface area contributed by atoms with Gasteiger partial charge in [0.1, 0.15) is 41.7 Å². The van der Waals surface area contributed by atoms with Gasteiger partial charge in [-0.05, 0) is 104 Å². The number of carboxylic acid groups (broad SMARTS) is 1. The van der Waals surface area contributed by atoms with Crippen molar-refractivity contribution < 1.29 is 39.2 Å². The normalized spacial score (nSPS) is 15.8. The Hall–Kier alpha value is -6.70. The van der Waals surface area contributed by atoms with Crippen molar-refractivity contribution in [1.82, 2.24) is 9.89 Å². The summed E-state index contributed by atoms with van der Waals surface area (Å²) in [6.45, 7) is 3.75. The Kier molecular flexibility index (Phi) is 10.2. The van der Waals surface area contributed by atoms with E-state index in [0.717, 1.165) is 99.5 Å². The number of anilines is 1. The molecule has 0 spiro atoms. The van der Waals surface area contributed by atoms with Crippen molar-refractivity contribution >= 4 is 57.3 Å². The predicted molar refractivity (Wildman–Crippen MR) is 258 cm³/mol. The van der Waals surface area contributed by atoms with Crippen molar-refractivity contribution in [1.29, 1.82) is 0 Å². The molecule has 6 aliphatic heterocycles. The minimum Gasteiger partial charge on any atom is -0.508 e. The molecule has 5 aromatic rings. The van der Waals surface area contributed by atoms with Crippen LogP contribution in [0.4, 0.5) is 5.69 Å². The summed E-state index contributed by atoms with van der Waals surface area (Å²) < 4.78 is 15.6. The van der Waals surface area contributed by atoms with E-state index >= 15 is 0 Å². The quantitative estimate of drug-likeness (QED) is 0.0608. The van der Waals surface area contributed by atoms with Gasteiger partial charge in [-0.3, -0.25) is 9.59 Å². The molecule has 1 amide bonds. The van der Waals surface area contributed by atoms with Gasteiger partial charge in [-0.2, -0.15) is 0 Å². The van der Waals surface area contributed by atoms with E-state index in [2.05, 4.69) is 26.9 Å². The second-order valence-electron chi connectivity index (χ2n) is 18.4. The van der Waals surface area contributed by atoms with E-state index < -0.39 is 18.2 Å². The number of hydrogen-bond acceptors (Lipinski definition) is 9. The van der Waals surface area contributed by atoms with Gasteiger partial charge >= 0.3 is 5.97 Å². The van der Waals surface area contributed by atoms with Gasteiger partial charge < -0.3 is 39.8 Å². The van der Waals surface area contributed by atoms with Crippen LogP contribution in [0, 0.1) is 0 Å². The standard InChI is InChI=1S/C54H43Cl2N3O9/c55-40-24-39(52(62)57-25-26-9-12-31(36(19-26)53(63)64)43-32-13-10-29(60)22-41(32)67-42-23-30(61)11-14-33(42)43)47(56)46(45(40)54(65)66)44-37-20-27-5-1-15-58-17-3-7-34(48(27)58)50(37)68-51-35-8-4-18-59-16-2-6-28(49(35)59)21-38(44)51/h9-14,19-24,53,63-64H,1-8,15-18,25H2,(H2-,57,60,61,62,65,66)/p+1. The number of aryl methyl sites for hydroxylation is 2. The first-order chi connectivity index (χ1) is 32.9. The number of fused-ring (bicyclic) bond motifs is 6. The average Bonchev–Trinajstić information content (AvgIpc) is 3.32. The third kappa shape index (κ3) is 6.71. The summed E-state index contributed by atoms with van der Waals surface area (Å²) in [5.74, 6) is -0.318. The van der Waals surface area contributed by atoms with E-state index in [1.807, 2.05) is 0 Å². The van der Waals surface area contributed by atoms with Crippen LogP contribution in [0.1, 0.15) is 97.2 Å². The first kappa shape index (κ1) is 42.6. The molecule has 0 saturated carbocycles. The van der Waals surface area contributed by atoms with Crippen LogP contribution in [-0.4, -0.2) is 58.5 Å². The van der Waals surface area contributed by atoms with E-state index in [9.17, 15) is 34.8 Å². The number of phenols is 1. The summed E-state index contributed by atoms with van der Waals surface area (Å²) in [5, 5.41) is 48.1. The third-order valence-electron chi connectivity index (χ3n) is 14.4. The van der Waals surface area contributed by atoms with Crippen LogP contribution < -0.4 is 35.5 Å². The molecular formula is C54H44Cl2N3O9+. The number of aliphatic hydroxyl groups is 2. The molecule has 7 aliphatic rings. The summed E-state index contributed by atoms with van der Waals surface area (Å²) in [5.41, 5.74) is 9.10. The highest BCUT2D eigenvalue weighted by Gasteiger charge is 2.38. The summed E-state index contributed by atoms with van der Waals surface area (Å²) in [4.78, 5) is 42.8. The number of aliphatic hydroxyl groups excluding tert-OH is 1. The fourth-order valence-electron chi connectivity index (χ4n) is 11.6. The van der Waals surface area contributed by atoms with Crippen LogP contribution >= 0.6 is 23.2 Å². The Morgan fingerprint density at radius 2 is 1.56 bits per heavy atom. The van der Waals surface area contributed by atoms with E-state index in [0.29, 0.717) is 44.7 Å². The minimum absolute atomic E-state index is 0.0271. The molecule has 6 heterocycles. The van der Waals surface area contributed by atoms with Gasteiger partial charge in [0, 0.05) is 105 Å². The molecule has 5 N–H and O–H groups in total. The lowest BCUT2D eigenvalue weighted by molar-refractivity contribution is -0.0420. The molecule has 68 heavy (non-hydrogen) atoms. The molecule has 342 valence electrons. The molecule has 0 radical (unpaired) electrons. The number of halogens is 2. The maximum Gasteiger partial charge on any atom is 0.337 e. The lowest BCUT2D eigenvalue weighted by Gasteiger charge is -2.39. The number of nitrogens with one attached hydrogen (secondary N) is 1. The van der Waals surface area contributed by atoms with E-state index in [1.54, 1.807) is 30.3 Å². The molecule has 12 rings (SSSR count).